The molecule has 2 N–H and O–H groups in total. The number of ether oxygens (including phenoxy) is 1. The Morgan fingerprint density at radius 3 is 2.74 bits per heavy atom. The summed E-state index contributed by atoms with van der Waals surface area (Å²) in [5.74, 6) is -0.275. The van der Waals surface area contributed by atoms with Crippen LogP contribution in [0.3, 0.4) is 0 Å². The first kappa shape index (κ1) is 23.2. The number of rotatable bonds is 5. The molecule has 3 rings (SSSR count). The van der Waals surface area contributed by atoms with Gasteiger partial charge in [0, 0.05) is 24.5 Å². The molecule has 1 fully saturated rings. The summed E-state index contributed by atoms with van der Waals surface area (Å²) in [6.45, 7) is 9.93. The van der Waals surface area contributed by atoms with Crippen molar-refractivity contribution in [3.05, 3.63) is 22.4 Å². The summed E-state index contributed by atoms with van der Waals surface area (Å²) in [6, 6.07) is 1.90. The maximum atomic E-state index is 13.1. The number of halogens is 1. The average Bonchev–Trinajstić information content (AvgIpc) is 3.29. The highest BCUT2D eigenvalue weighted by atomic mass is 35.5. The molecule has 1 saturated heterocycles. The van der Waals surface area contributed by atoms with Crippen LogP contribution in [0.15, 0.2) is 12.3 Å². The minimum Gasteiger partial charge on any atom is -0.444 e. The third-order valence-corrected chi connectivity index (χ3v) is 5.50. The molecule has 9 nitrogen and oxygen atoms in total. The fraction of sp³-hybridized carbons (Fsp3) is 0.550. The van der Waals surface area contributed by atoms with Crippen molar-refractivity contribution in [3.8, 4) is 10.6 Å². The van der Waals surface area contributed by atoms with Crippen molar-refractivity contribution < 1.29 is 14.3 Å². The van der Waals surface area contributed by atoms with Gasteiger partial charge >= 0.3 is 6.09 Å². The summed E-state index contributed by atoms with van der Waals surface area (Å²) in [7, 11) is 0. The Morgan fingerprint density at radius 1 is 1.32 bits per heavy atom. The lowest BCUT2D eigenvalue weighted by molar-refractivity contribution is 0.0433. The first-order valence-corrected chi connectivity index (χ1v) is 11.3. The van der Waals surface area contributed by atoms with Crippen LogP contribution in [0.1, 0.15) is 57.3 Å². The summed E-state index contributed by atoms with van der Waals surface area (Å²) in [4.78, 5) is 31.0. The number of hydrogen-bond donors (Lipinski definition) is 2. The quantitative estimate of drug-likeness (QED) is 0.636. The van der Waals surface area contributed by atoms with Crippen LogP contribution in [0.2, 0.25) is 5.15 Å². The molecule has 0 radical (unpaired) electrons. The Labute approximate surface area is 190 Å². The normalized spacial score (nSPS) is 16.5. The van der Waals surface area contributed by atoms with Gasteiger partial charge in [-0.1, -0.05) is 22.9 Å². The van der Waals surface area contributed by atoms with Gasteiger partial charge < -0.3 is 20.3 Å². The second-order valence-corrected chi connectivity index (χ2v) is 9.93. The number of carbonyl (C=O) groups is 2. The van der Waals surface area contributed by atoms with E-state index in [0.717, 1.165) is 17.7 Å². The number of alkyl carbamates (subject to hydrolysis) is 1. The third kappa shape index (κ3) is 6.04. The summed E-state index contributed by atoms with van der Waals surface area (Å²) in [5, 5.41) is 15.6. The number of hydrogen-bond acceptors (Lipinski definition) is 8. The fourth-order valence-corrected chi connectivity index (χ4v) is 4.16. The predicted octanol–water partition coefficient (Wildman–Crippen LogP) is 4.16. The molecule has 2 amide bonds. The van der Waals surface area contributed by atoms with Crippen molar-refractivity contribution in [3.63, 3.8) is 0 Å². The zero-order valence-electron chi connectivity index (χ0n) is 18.2. The molecule has 0 bridgehead atoms. The minimum atomic E-state index is -0.611. The SMILES string of the molecule is CC(C)Nc1cc(Cl)ncc1-c1nnc(C(=O)N2CCC[C@H]2NC(=O)OC(C)(C)C)s1. The van der Waals surface area contributed by atoms with E-state index in [1.54, 1.807) is 37.9 Å². The second-order valence-electron chi connectivity index (χ2n) is 8.57. The molecule has 2 aromatic rings. The van der Waals surface area contributed by atoms with Gasteiger partial charge in [-0.2, -0.15) is 0 Å². The predicted molar refractivity (Wildman–Crippen MR) is 120 cm³/mol. The van der Waals surface area contributed by atoms with E-state index in [9.17, 15) is 9.59 Å². The van der Waals surface area contributed by atoms with E-state index in [-0.39, 0.29) is 17.0 Å². The van der Waals surface area contributed by atoms with E-state index in [4.69, 9.17) is 16.3 Å². The highest BCUT2D eigenvalue weighted by molar-refractivity contribution is 7.16. The number of anilines is 1. The van der Waals surface area contributed by atoms with Gasteiger partial charge in [0.15, 0.2) is 5.01 Å². The molecule has 168 valence electrons. The van der Waals surface area contributed by atoms with Crippen LogP contribution in [-0.2, 0) is 4.74 Å². The molecule has 11 heteroatoms. The first-order valence-electron chi connectivity index (χ1n) is 10.1. The average molecular weight is 467 g/mol. The van der Waals surface area contributed by atoms with Crippen LogP contribution in [0, 0.1) is 0 Å². The summed E-state index contributed by atoms with van der Waals surface area (Å²) in [5.41, 5.74) is 0.885. The number of aromatic nitrogens is 3. The lowest BCUT2D eigenvalue weighted by Crippen LogP contribution is -2.48. The van der Waals surface area contributed by atoms with Gasteiger partial charge in [0.1, 0.15) is 16.9 Å². The van der Waals surface area contributed by atoms with Crippen LogP contribution in [-0.4, -0.2) is 56.4 Å². The summed E-state index contributed by atoms with van der Waals surface area (Å²) < 4.78 is 5.31. The van der Waals surface area contributed by atoms with E-state index in [0.29, 0.717) is 23.1 Å². The molecular weight excluding hydrogens is 440 g/mol. The van der Waals surface area contributed by atoms with Gasteiger partial charge in [-0.25, -0.2) is 9.78 Å². The number of nitrogens with one attached hydrogen (secondary N) is 2. The van der Waals surface area contributed by atoms with Crippen molar-refractivity contribution >= 4 is 40.6 Å². The van der Waals surface area contributed by atoms with Crippen molar-refractivity contribution in [2.75, 3.05) is 11.9 Å². The Bertz CT molecular complexity index is 959. The molecule has 1 atom stereocenters. The van der Waals surface area contributed by atoms with Crippen molar-refractivity contribution in [2.24, 2.45) is 0 Å². The van der Waals surface area contributed by atoms with Gasteiger partial charge in [-0.05, 0) is 53.5 Å². The van der Waals surface area contributed by atoms with Gasteiger partial charge in [-0.15, -0.1) is 10.2 Å². The lowest BCUT2D eigenvalue weighted by Gasteiger charge is -2.26. The zero-order valence-corrected chi connectivity index (χ0v) is 19.8. The van der Waals surface area contributed by atoms with E-state index in [1.807, 2.05) is 13.8 Å². The number of carbonyl (C=O) groups excluding carboxylic acids is 2. The van der Waals surface area contributed by atoms with Gasteiger partial charge in [-0.3, -0.25) is 4.79 Å². The Kier molecular flexibility index (Phi) is 7.00. The molecule has 0 aromatic carbocycles. The van der Waals surface area contributed by atoms with Gasteiger partial charge in [0.05, 0.1) is 5.56 Å². The number of pyridine rings is 1. The van der Waals surface area contributed by atoms with E-state index < -0.39 is 17.9 Å². The van der Waals surface area contributed by atoms with E-state index in [1.165, 1.54) is 11.3 Å². The summed E-state index contributed by atoms with van der Waals surface area (Å²) >= 11 is 7.22. The van der Waals surface area contributed by atoms with Crippen LogP contribution >= 0.6 is 22.9 Å². The van der Waals surface area contributed by atoms with E-state index in [2.05, 4.69) is 25.8 Å². The topological polar surface area (TPSA) is 109 Å². The Morgan fingerprint density at radius 2 is 2.06 bits per heavy atom. The second kappa shape index (κ2) is 9.35. The monoisotopic (exact) mass is 466 g/mol. The van der Waals surface area contributed by atoms with Crippen molar-refractivity contribution in [2.45, 2.75) is 65.3 Å². The molecule has 2 aromatic heterocycles. The standard InChI is InChI=1S/C20H27ClN6O3S/c1-11(2)23-13-9-14(21)22-10-12(13)16-25-26-17(31-16)18(28)27-8-6-7-15(27)24-19(29)30-20(3,4)5/h9-11,15H,6-8H2,1-5H3,(H,22,23)(H,24,29)/t15-/m0/s1. The Balaban J connectivity index is 1.76. The lowest BCUT2D eigenvalue weighted by atomic mass is 10.2. The molecular formula is C20H27ClN6O3S. The van der Waals surface area contributed by atoms with Gasteiger partial charge in [0.25, 0.3) is 5.91 Å². The van der Waals surface area contributed by atoms with Crippen molar-refractivity contribution in [1.29, 1.82) is 0 Å². The zero-order chi connectivity index (χ0) is 22.8. The maximum Gasteiger partial charge on any atom is 0.409 e. The molecule has 31 heavy (non-hydrogen) atoms. The summed E-state index contributed by atoms with van der Waals surface area (Å²) in [6.07, 6.45) is 2.06. The number of amides is 2. The molecule has 0 spiro atoms. The molecule has 1 aliphatic rings. The molecule has 0 saturated carbocycles. The van der Waals surface area contributed by atoms with Crippen LogP contribution in [0.4, 0.5) is 10.5 Å². The third-order valence-electron chi connectivity index (χ3n) is 4.35. The van der Waals surface area contributed by atoms with Gasteiger partial charge in [0.2, 0.25) is 5.01 Å². The minimum absolute atomic E-state index is 0.176. The molecule has 1 aliphatic heterocycles. The maximum absolute atomic E-state index is 13.1. The largest absolute Gasteiger partial charge is 0.444 e. The Hall–Kier alpha value is -2.46. The van der Waals surface area contributed by atoms with Crippen molar-refractivity contribution in [1.82, 2.24) is 25.4 Å². The molecule has 0 unspecified atom stereocenters. The molecule has 0 aliphatic carbocycles. The number of nitrogens with zero attached hydrogens (tertiary/aromatic N) is 4. The van der Waals surface area contributed by atoms with Crippen LogP contribution < -0.4 is 10.6 Å². The highest BCUT2D eigenvalue weighted by Gasteiger charge is 2.33. The smallest absolute Gasteiger partial charge is 0.409 e. The highest BCUT2D eigenvalue weighted by Crippen LogP contribution is 2.32. The van der Waals surface area contributed by atoms with E-state index >= 15 is 0 Å². The molecule has 3 heterocycles. The van der Waals surface area contributed by atoms with Crippen LogP contribution in [0.5, 0.6) is 0 Å². The number of likely N-dealkylation sites (tertiary alicyclic amines) is 1. The first-order chi connectivity index (χ1) is 14.5. The van der Waals surface area contributed by atoms with Crippen LogP contribution in [0.25, 0.3) is 10.6 Å². The fourth-order valence-electron chi connectivity index (χ4n) is 3.18.